The zero-order chi connectivity index (χ0) is 12.6. The first-order chi connectivity index (χ1) is 8.84. The highest BCUT2D eigenvalue weighted by Gasteiger charge is 2.14. The van der Waals surface area contributed by atoms with Crippen LogP contribution in [0, 0.1) is 0 Å². The fraction of sp³-hybridized carbons (Fsp3) is 1.00. The van der Waals surface area contributed by atoms with Gasteiger partial charge < -0.3 is 15.0 Å². The third-order valence-corrected chi connectivity index (χ3v) is 4.14. The molecule has 1 atom stereocenters. The molecule has 2 aliphatic heterocycles. The number of ether oxygens (including phenoxy) is 1. The lowest BCUT2D eigenvalue weighted by Gasteiger charge is -2.26. The molecule has 0 saturated carbocycles. The van der Waals surface area contributed by atoms with Crippen LogP contribution in [0.15, 0.2) is 0 Å². The van der Waals surface area contributed by atoms with Gasteiger partial charge in [-0.05, 0) is 58.9 Å². The van der Waals surface area contributed by atoms with Gasteiger partial charge in [-0.15, -0.1) is 0 Å². The van der Waals surface area contributed by atoms with Crippen LogP contribution in [0.5, 0.6) is 0 Å². The van der Waals surface area contributed by atoms with E-state index in [0.29, 0.717) is 0 Å². The van der Waals surface area contributed by atoms with Crippen LogP contribution in [0.1, 0.15) is 25.7 Å². The molecule has 106 valence electrons. The second kappa shape index (κ2) is 8.10. The van der Waals surface area contributed by atoms with E-state index in [1.807, 2.05) is 0 Å². The van der Waals surface area contributed by atoms with Gasteiger partial charge in [0.15, 0.2) is 0 Å². The van der Waals surface area contributed by atoms with Crippen molar-refractivity contribution in [1.29, 1.82) is 0 Å². The molecule has 4 nitrogen and oxygen atoms in total. The first kappa shape index (κ1) is 14.3. The molecule has 1 N–H and O–H groups in total. The Balaban J connectivity index is 1.51. The van der Waals surface area contributed by atoms with Crippen molar-refractivity contribution in [1.82, 2.24) is 15.1 Å². The van der Waals surface area contributed by atoms with Gasteiger partial charge in [-0.25, -0.2) is 0 Å². The maximum Gasteiger partial charge on any atom is 0.0594 e. The molecule has 0 radical (unpaired) electrons. The molecule has 0 bridgehead atoms. The summed E-state index contributed by atoms with van der Waals surface area (Å²) in [5.41, 5.74) is 0. The summed E-state index contributed by atoms with van der Waals surface area (Å²) in [6.07, 6.45) is 5.28. The SMILES string of the molecule is CN1CCCC(NCCCN2CCOCC2)CC1. The van der Waals surface area contributed by atoms with Crippen LogP contribution in [0.4, 0.5) is 0 Å². The Morgan fingerprint density at radius 2 is 1.94 bits per heavy atom. The standard InChI is InChI=1S/C14H29N3O/c1-16-7-2-4-14(5-9-16)15-6-3-8-17-10-12-18-13-11-17/h14-15H,2-13H2,1H3. The summed E-state index contributed by atoms with van der Waals surface area (Å²) in [4.78, 5) is 4.97. The van der Waals surface area contributed by atoms with Gasteiger partial charge in [0.25, 0.3) is 0 Å². The third kappa shape index (κ3) is 5.22. The van der Waals surface area contributed by atoms with Gasteiger partial charge >= 0.3 is 0 Å². The number of nitrogens with one attached hydrogen (secondary N) is 1. The molecule has 1 unspecified atom stereocenters. The maximum atomic E-state index is 5.36. The molecular formula is C14H29N3O. The Kier molecular flexibility index (Phi) is 6.41. The van der Waals surface area contributed by atoms with Crippen molar-refractivity contribution in [2.45, 2.75) is 31.7 Å². The van der Waals surface area contributed by atoms with Crippen molar-refractivity contribution in [2.75, 3.05) is 59.5 Å². The molecule has 2 saturated heterocycles. The molecule has 4 heteroatoms. The molecule has 0 aromatic heterocycles. The lowest BCUT2D eigenvalue weighted by Crippen LogP contribution is -2.38. The number of hydrogen-bond acceptors (Lipinski definition) is 4. The van der Waals surface area contributed by atoms with Gasteiger partial charge in [0.05, 0.1) is 13.2 Å². The van der Waals surface area contributed by atoms with Crippen molar-refractivity contribution in [3.8, 4) is 0 Å². The second-order valence-electron chi connectivity index (χ2n) is 5.69. The number of morpholine rings is 1. The minimum Gasteiger partial charge on any atom is -0.379 e. The Bertz CT molecular complexity index is 219. The molecular weight excluding hydrogens is 226 g/mol. The van der Waals surface area contributed by atoms with E-state index in [1.54, 1.807) is 0 Å². The van der Waals surface area contributed by atoms with Crippen LogP contribution in [0.2, 0.25) is 0 Å². The first-order valence-electron chi connectivity index (χ1n) is 7.56. The molecule has 2 rings (SSSR count). The predicted octanol–water partition coefficient (Wildman–Crippen LogP) is 0.783. The van der Waals surface area contributed by atoms with Gasteiger partial charge in [0.2, 0.25) is 0 Å². The van der Waals surface area contributed by atoms with Crippen molar-refractivity contribution in [3.05, 3.63) is 0 Å². The maximum absolute atomic E-state index is 5.36. The largest absolute Gasteiger partial charge is 0.379 e. The average molecular weight is 255 g/mol. The van der Waals surface area contributed by atoms with E-state index >= 15 is 0 Å². The van der Waals surface area contributed by atoms with E-state index in [-0.39, 0.29) is 0 Å². The topological polar surface area (TPSA) is 27.7 Å². The van der Waals surface area contributed by atoms with E-state index in [0.717, 1.165) is 32.3 Å². The van der Waals surface area contributed by atoms with Crippen LogP contribution >= 0.6 is 0 Å². The fourth-order valence-corrected chi connectivity index (χ4v) is 2.88. The average Bonchev–Trinajstić information content (AvgIpc) is 2.61. The molecule has 2 aliphatic rings. The van der Waals surface area contributed by atoms with Crippen LogP contribution < -0.4 is 5.32 Å². The predicted molar refractivity (Wildman–Crippen MR) is 75.0 cm³/mol. The highest BCUT2D eigenvalue weighted by Crippen LogP contribution is 2.09. The van der Waals surface area contributed by atoms with Crippen molar-refractivity contribution >= 4 is 0 Å². The minimum absolute atomic E-state index is 0.750. The highest BCUT2D eigenvalue weighted by atomic mass is 16.5. The van der Waals surface area contributed by atoms with Gasteiger partial charge in [-0.3, -0.25) is 4.90 Å². The van der Waals surface area contributed by atoms with E-state index in [2.05, 4.69) is 22.2 Å². The Morgan fingerprint density at radius 1 is 1.11 bits per heavy atom. The van der Waals surface area contributed by atoms with Crippen LogP contribution in [-0.2, 0) is 4.74 Å². The molecule has 2 fully saturated rings. The number of nitrogens with zero attached hydrogens (tertiary/aromatic N) is 2. The summed E-state index contributed by atoms with van der Waals surface area (Å²) >= 11 is 0. The van der Waals surface area contributed by atoms with E-state index in [4.69, 9.17) is 4.74 Å². The van der Waals surface area contributed by atoms with Gasteiger partial charge in [0.1, 0.15) is 0 Å². The van der Waals surface area contributed by atoms with Crippen molar-refractivity contribution in [3.63, 3.8) is 0 Å². The summed E-state index contributed by atoms with van der Waals surface area (Å²) in [6, 6.07) is 0.750. The zero-order valence-electron chi connectivity index (χ0n) is 11.9. The smallest absolute Gasteiger partial charge is 0.0594 e. The summed E-state index contributed by atoms with van der Waals surface area (Å²) < 4.78 is 5.36. The molecule has 2 heterocycles. The minimum atomic E-state index is 0.750. The molecule has 0 spiro atoms. The van der Waals surface area contributed by atoms with E-state index in [9.17, 15) is 0 Å². The molecule has 0 aliphatic carbocycles. The van der Waals surface area contributed by atoms with Gasteiger partial charge in [0, 0.05) is 19.1 Å². The summed E-state index contributed by atoms with van der Waals surface area (Å²) in [7, 11) is 2.24. The lowest BCUT2D eigenvalue weighted by atomic mass is 10.1. The summed E-state index contributed by atoms with van der Waals surface area (Å²) in [5, 5.41) is 3.74. The monoisotopic (exact) mass is 255 g/mol. The van der Waals surface area contributed by atoms with Crippen LogP contribution in [0.25, 0.3) is 0 Å². The van der Waals surface area contributed by atoms with E-state index in [1.165, 1.54) is 51.9 Å². The molecule has 0 aromatic rings. The summed E-state index contributed by atoms with van der Waals surface area (Å²) in [5.74, 6) is 0. The quantitative estimate of drug-likeness (QED) is 0.735. The van der Waals surface area contributed by atoms with Crippen LogP contribution in [-0.4, -0.2) is 75.4 Å². The zero-order valence-corrected chi connectivity index (χ0v) is 11.9. The number of rotatable bonds is 5. The van der Waals surface area contributed by atoms with Crippen molar-refractivity contribution in [2.24, 2.45) is 0 Å². The normalized spacial score (nSPS) is 28.2. The highest BCUT2D eigenvalue weighted by molar-refractivity contribution is 4.73. The number of likely N-dealkylation sites (tertiary alicyclic amines) is 1. The summed E-state index contributed by atoms with van der Waals surface area (Å²) in [6.45, 7) is 9.00. The Hall–Kier alpha value is -0.160. The van der Waals surface area contributed by atoms with Gasteiger partial charge in [-0.2, -0.15) is 0 Å². The Morgan fingerprint density at radius 3 is 2.78 bits per heavy atom. The fourth-order valence-electron chi connectivity index (χ4n) is 2.88. The van der Waals surface area contributed by atoms with Crippen LogP contribution in [0.3, 0.4) is 0 Å². The Labute approximate surface area is 112 Å². The lowest BCUT2D eigenvalue weighted by molar-refractivity contribution is 0.0373. The third-order valence-electron chi connectivity index (χ3n) is 4.14. The first-order valence-corrected chi connectivity index (χ1v) is 7.56. The van der Waals surface area contributed by atoms with Gasteiger partial charge in [-0.1, -0.05) is 0 Å². The molecule has 0 amide bonds. The molecule has 18 heavy (non-hydrogen) atoms. The van der Waals surface area contributed by atoms with Crippen molar-refractivity contribution < 1.29 is 4.74 Å². The molecule has 0 aromatic carbocycles. The van der Waals surface area contributed by atoms with E-state index < -0.39 is 0 Å². The number of hydrogen-bond donors (Lipinski definition) is 1. The second-order valence-corrected chi connectivity index (χ2v) is 5.69.